The molecule has 0 aliphatic rings. The minimum absolute atomic E-state index is 0.0299. The molecule has 11 nitrogen and oxygen atoms in total. The summed E-state index contributed by atoms with van der Waals surface area (Å²) in [5, 5.41) is 27.4. The number of nitrogens with one attached hydrogen (secondary N) is 3. The van der Waals surface area contributed by atoms with Crippen LogP contribution in [0.2, 0.25) is 0 Å². The first kappa shape index (κ1) is 27.4. The first-order valence-corrected chi connectivity index (χ1v) is 11.9. The van der Waals surface area contributed by atoms with Crippen LogP contribution in [0.1, 0.15) is 40.9 Å². The van der Waals surface area contributed by atoms with E-state index < -0.39 is 36.8 Å². The van der Waals surface area contributed by atoms with Crippen molar-refractivity contribution in [2.24, 2.45) is 0 Å². The van der Waals surface area contributed by atoms with Crippen molar-refractivity contribution in [1.29, 1.82) is 0 Å². The molecule has 0 spiro atoms. The topological polar surface area (TPSA) is 166 Å². The van der Waals surface area contributed by atoms with E-state index >= 15 is 0 Å². The summed E-state index contributed by atoms with van der Waals surface area (Å²) in [5.74, 6) is -2.91. The van der Waals surface area contributed by atoms with Gasteiger partial charge in [0.25, 0.3) is 5.91 Å². The highest BCUT2D eigenvalue weighted by molar-refractivity contribution is 6.43. The van der Waals surface area contributed by atoms with Gasteiger partial charge >= 0.3 is 7.12 Å². The number of pyridine rings is 1. The van der Waals surface area contributed by atoms with Crippen LogP contribution in [-0.2, 0) is 22.6 Å². The summed E-state index contributed by atoms with van der Waals surface area (Å²) in [6.45, 7) is 0.191. The Balaban J connectivity index is 1.63. The first-order valence-electron chi connectivity index (χ1n) is 11.9. The summed E-state index contributed by atoms with van der Waals surface area (Å²) in [6, 6.07) is 11.9. The Labute approximate surface area is 214 Å². The number of amides is 3. The van der Waals surface area contributed by atoms with E-state index in [9.17, 15) is 24.4 Å². The van der Waals surface area contributed by atoms with Crippen molar-refractivity contribution in [2.75, 3.05) is 0 Å². The lowest BCUT2D eigenvalue weighted by molar-refractivity contribution is -0.128. The van der Waals surface area contributed by atoms with Gasteiger partial charge in [0, 0.05) is 31.3 Å². The Morgan fingerprint density at radius 1 is 0.892 bits per heavy atom. The molecule has 192 valence electrons. The molecule has 0 fully saturated rings. The van der Waals surface area contributed by atoms with Gasteiger partial charge in [0.05, 0.1) is 18.6 Å². The minimum atomic E-state index is -1.82. The van der Waals surface area contributed by atoms with Gasteiger partial charge in [-0.1, -0.05) is 36.4 Å². The largest absolute Gasteiger partial charge is 0.475 e. The van der Waals surface area contributed by atoms with Gasteiger partial charge < -0.3 is 26.0 Å². The zero-order chi connectivity index (χ0) is 26.5. The fraction of sp³-hybridized carbons (Fsp3) is 0.280. The van der Waals surface area contributed by atoms with Gasteiger partial charge in [0.1, 0.15) is 11.7 Å². The van der Waals surface area contributed by atoms with Crippen LogP contribution in [0.3, 0.4) is 0 Å². The Hall–Kier alpha value is -4.16. The van der Waals surface area contributed by atoms with E-state index in [-0.39, 0.29) is 25.1 Å². The molecule has 37 heavy (non-hydrogen) atoms. The van der Waals surface area contributed by atoms with Crippen molar-refractivity contribution in [3.05, 3.63) is 90.3 Å². The molecule has 2 aromatic heterocycles. The van der Waals surface area contributed by atoms with Crippen LogP contribution in [0.15, 0.2) is 73.4 Å². The van der Waals surface area contributed by atoms with Gasteiger partial charge in [-0.05, 0) is 36.5 Å². The summed E-state index contributed by atoms with van der Waals surface area (Å²) < 4.78 is 0. The highest BCUT2D eigenvalue weighted by Crippen LogP contribution is 2.08. The lowest BCUT2D eigenvalue weighted by atomic mass is 9.76. The number of aromatic nitrogens is 3. The van der Waals surface area contributed by atoms with Crippen LogP contribution in [-0.4, -0.2) is 61.8 Å². The fourth-order valence-corrected chi connectivity index (χ4v) is 3.57. The van der Waals surface area contributed by atoms with Crippen LogP contribution in [0, 0.1) is 0 Å². The van der Waals surface area contributed by atoms with Crippen molar-refractivity contribution < 1.29 is 24.4 Å². The highest BCUT2D eigenvalue weighted by atomic mass is 16.4. The predicted molar refractivity (Wildman–Crippen MR) is 135 cm³/mol. The average molecular weight is 504 g/mol. The molecule has 0 saturated heterocycles. The zero-order valence-corrected chi connectivity index (χ0v) is 20.2. The Morgan fingerprint density at radius 3 is 2.32 bits per heavy atom. The third kappa shape index (κ3) is 9.43. The van der Waals surface area contributed by atoms with Gasteiger partial charge in [-0.2, -0.15) is 0 Å². The number of aryl methyl sites for hydroxylation is 1. The molecule has 0 radical (unpaired) electrons. The molecule has 3 rings (SSSR count). The van der Waals surface area contributed by atoms with Crippen LogP contribution >= 0.6 is 0 Å². The van der Waals surface area contributed by atoms with E-state index in [1.54, 1.807) is 24.5 Å². The fourth-order valence-electron chi connectivity index (χ4n) is 3.57. The molecule has 0 saturated carbocycles. The molecule has 3 amide bonds. The van der Waals surface area contributed by atoms with E-state index in [1.165, 1.54) is 18.6 Å². The second-order valence-corrected chi connectivity index (χ2v) is 8.37. The van der Waals surface area contributed by atoms with Crippen molar-refractivity contribution in [3.8, 4) is 0 Å². The van der Waals surface area contributed by atoms with Gasteiger partial charge in [-0.3, -0.25) is 24.4 Å². The van der Waals surface area contributed by atoms with Gasteiger partial charge in [-0.15, -0.1) is 0 Å². The number of carbonyl (C=O) groups excluding carboxylic acids is 3. The SMILES string of the molecule is O=C(CC(NC(=O)c1cnccn1)C(=O)N[C@@H](CCCc1ccccc1)B(O)O)NCc1cccnc1. The second kappa shape index (κ2) is 14.4. The third-order valence-electron chi connectivity index (χ3n) is 5.53. The second-order valence-electron chi connectivity index (χ2n) is 8.37. The number of hydrogen-bond donors (Lipinski definition) is 5. The molecular formula is C25H29BN6O5. The molecule has 2 atom stereocenters. The van der Waals surface area contributed by atoms with E-state index in [2.05, 4.69) is 30.9 Å². The summed E-state index contributed by atoms with van der Waals surface area (Å²) >= 11 is 0. The van der Waals surface area contributed by atoms with E-state index in [4.69, 9.17) is 0 Å². The quantitative estimate of drug-likeness (QED) is 0.206. The lowest BCUT2D eigenvalue weighted by Crippen LogP contribution is -2.55. The standard InChI is InChI=1S/C25H29BN6O5/c33-23(30-16-19-9-5-11-27-15-19)14-20(31-25(35)21-17-28-12-13-29-21)24(34)32-22(26(36)37)10-4-8-18-6-2-1-3-7-18/h1-3,5-7,9,11-13,15,17,20,22,36-37H,4,8,10,14,16H2,(H,30,33)(H,31,35)(H,32,34)/t20?,22-/m0/s1. The van der Waals surface area contributed by atoms with Crippen LogP contribution < -0.4 is 16.0 Å². The molecule has 0 aliphatic carbocycles. The summed E-state index contributed by atoms with van der Waals surface area (Å²) in [7, 11) is -1.82. The highest BCUT2D eigenvalue weighted by Gasteiger charge is 2.30. The van der Waals surface area contributed by atoms with E-state index in [0.717, 1.165) is 11.1 Å². The molecular weight excluding hydrogens is 475 g/mol. The number of carbonyl (C=O) groups is 3. The van der Waals surface area contributed by atoms with Crippen molar-refractivity contribution in [3.63, 3.8) is 0 Å². The maximum absolute atomic E-state index is 13.1. The Morgan fingerprint density at radius 2 is 1.65 bits per heavy atom. The van der Waals surface area contributed by atoms with Crippen molar-refractivity contribution in [1.82, 2.24) is 30.9 Å². The normalized spacial score (nSPS) is 12.2. The maximum atomic E-state index is 13.1. The summed E-state index contributed by atoms with van der Waals surface area (Å²) in [6.07, 6.45) is 8.33. The number of hydrogen-bond acceptors (Lipinski definition) is 8. The summed E-state index contributed by atoms with van der Waals surface area (Å²) in [4.78, 5) is 50.1. The van der Waals surface area contributed by atoms with Crippen LogP contribution in [0.4, 0.5) is 0 Å². The lowest BCUT2D eigenvalue weighted by Gasteiger charge is -2.23. The molecule has 12 heteroatoms. The minimum Gasteiger partial charge on any atom is -0.426 e. The molecule has 2 heterocycles. The first-order chi connectivity index (χ1) is 17.9. The molecule has 0 aliphatic heterocycles. The van der Waals surface area contributed by atoms with Crippen molar-refractivity contribution >= 4 is 24.8 Å². The maximum Gasteiger partial charge on any atom is 0.475 e. The monoisotopic (exact) mass is 504 g/mol. The van der Waals surface area contributed by atoms with E-state index in [0.29, 0.717) is 12.8 Å². The average Bonchev–Trinajstić information content (AvgIpc) is 2.92. The van der Waals surface area contributed by atoms with Gasteiger partial charge in [0.2, 0.25) is 11.8 Å². The van der Waals surface area contributed by atoms with Gasteiger partial charge in [0.15, 0.2) is 0 Å². The number of rotatable bonds is 13. The van der Waals surface area contributed by atoms with Crippen molar-refractivity contribution in [2.45, 2.75) is 44.2 Å². The van der Waals surface area contributed by atoms with E-state index in [1.807, 2.05) is 30.3 Å². The zero-order valence-electron chi connectivity index (χ0n) is 20.2. The molecule has 1 aromatic carbocycles. The molecule has 1 unspecified atom stereocenters. The smallest absolute Gasteiger partial charge is 0.426 e. The Kier molecular flexibility index (Phi) is 10.7. The predicted octanol–water partition coefficient (Wildman–Crippen LogP) is 0.196. The number of nitrogens with zero attached hydrogens (tertiary/aromatic N) is 3. The summed E-state index contributed by atoms with van der Waals surface area (Å²) in [5.41, 5.74) is 1.82. The molecule has 5 N–H and O–H groups in total. The number of benzene rings is 1. The molecule has 0 bridgehead atoms. The van der Waals surface area contributed by atoms with Crippen LogP contribution in [0.5, 0.6) is 0 Å². The Bertz CT molecular complexity index is 1140. The van der Waals surface area contributed by atoms with Gasteiger partial charge in [-0.25, -0.2) is 4.98 Å². The van der Waals surface area contributed by atoms with Crippen LogP contribution in [0.25, 0.3) is 0 Å². The third-order valence-corrected chi connectivity index (χ3v) is 5.53. The molecule has 3 aromatic rings.